The lowest BCUT2D eigenvalue weighted by molar-refractivity contribution is -0.00000255. The van der Waals surface area contributed by atoms with Crippen LogP contribution >= 0.6 is 11.6 Å². The van der Waals surface area contributed by atoms with Gasteiger partial charge < -0.3 is 18.1 Å². The van der Waals surface area contributed by atoms with E-state index in [9.17, 15) is 0 Å². The first-order chi connectivity index (χ1) is 5.27. The highest BCUT2D eigenvalue weighted by atomic mass is 35.5. The molecule has 0 radical (unpaired) electrons. The summed E-state index contributed by atoms with van der Waals surface area (Å²) >= 11 is 5.64. The van der Waals surface area contributed by atoms with Crippen LogP contribution in [0.5, 0.6) is 0 Å². The molecule has 0 saturated carbocycles. The summed E-state index contributed by atoms with van der Waals surface area (Å²) < 4.78 is 0. The summed E-state index contributed by atoms with van der Waals surface area (Å²) in [7, 11) is 0. The quantitative estimate of drug-likeness (QED) is 0.578. The molecule has 0 saturated heterocycles. The van der Waals surface area contributed by atoms with Gasteiger partial charge in [0.2, 0.25) is 0 Å². The number of hydrogen-bond donors (Lipinski definition) is 1. The number of nitrogens with zero attached hydrogens (tertiary/aromatic N) is 3. The second-order valence-electron chi connectivity index (χ2n) is 1.95. The molecule has 2 N–H and O–H groups in total. The minimum absolute atomic E-state index is 0. The maximum Gasteiger partial charge on any atom is 0.483 e. The summed E-state index contributed by atoms with van der Waals surface area (Å²) in [5, 5.41) is 8.63. The average molecular weight is 205 g/mol. The zero-order chi connectivity index (χ0) is 8.27. The second-order valence-corrected chi connectivity index (χ2v) is 2.36. The van der Waals surface area contributed by atoms with Crippen molar-refractivity contribution in [2.45, 2.75) is 6.54 Å². The summed E-state index contributed by atoms with van der Waals surface area (Å²) in [6, 6.07) is 1.61. The van der Waals surface area contributed by atoms with E-state index < -0.39 is 0 Å². The Morgan fingerprint density at radius 3 is 2.75 bits per heavy atom. The highest BCUT2D eigenvalue weighted by Crippen LogP contribution is 2.21. The number of rotatable bonds is 1. The summed E-state index contributed by atoms with van der Waals surface area (Å²) in [6.07, 6.45) is 1.51. The van der Waals surface area contributed by atoms with Crippen molar-refractivity contribution in [2.24, 2.45) is 5.73 Å². The number of nitrogens with two attached hydrogens (primary N) is 1. The average Bonchev–Trinajstić information content (AvgIpc) is 2.04. The van der Waals surface area contributed by atoms with Gasteiger partial charge in [0.1, 0.15) is 6.20 Å². The molecule has 0 bridgehead atoms. The van der Waals surface area contributed by atoms with Crippen molar-refractivity contribution >= 4 is 17.4 Å². The topological polar surface area (TPSA) is 67.1 Å². The Morgan fingerprint density at radius 1 is 1.67 bits per heavy atom. The lowest BCUT2D eigenvalue weighted by atomic mass is 10.3. The van der Waals surface area contributed by atoms with Crippen molar-refractivity contribution in [1.29, 1.82) is 5.39 Å². The Bertz CT molecular complexity index is 307. The number of hydrogen-bond acceptors (Lipinski definition) is 3. The van der Waals surface area contributed by atoms with Gasteiger partial charge in [-0.05, 0) is 11.1 Å². The standard InChI is InChI=1S/C6H6ClN4.ClH/c7-5-1-4(2-8)3-10-6(5)11-9;/h1,3H,2,8H2;1H/q+1;/p-1. The van der Waals surface area contributed by atoms with Crippen LogP contribution in [-0.2, 0) is 6.54 Å². The van der Waals surface area contributed by atoms with Gasteiger partial charge in [-0.25, -0.2) is 0 Å². The predicted octanol–water partition coefficient (Wildman–Crippen LogP) is -1.32. The van der Waals surface area contributed by atoms with Crippen molar-refractivity contribution in [2.75, 3.05) is 0 Å². The fraction of sp³-hybridized carbons (Fsp3) is 0.167. The summed E-state index contributed by atoms with van der Waals surface area (Å²) in [5.41, 5.74) is 6.13. The fourth-order valence-electron chi connectivity index (χ4n) is 0.656. The summed E-state index contributed by atoms with van der Waals surface area (Å²) in [6.45, 7) is 0.373. The van der Waals surface area contributed by atoms with Crippen molar-refractivity contribution < 1.29 is 12.4 Å². The molecule has 1 rings (SSSR count). The Balaban J connectivity index is 0.00000121. The Hall–Kier alpha value is -0.890. The highest BCUT2D eigenvalue weighted by Gasteiger charge is 2.12. The Labute approximate surface area is 80.8 Å². The minimum atomic E-state index is 0. The molecule has 4 nitrogen and oxygen atoms in total. The van der Waals surface area contributed by atoms with Crippen molar-refractivity contribution in [1.82, 2.24) is 4.98 Å². The molecule has 0 unspecified atom stereocenters. The van der Waals surface area contributed by atoms with Crippen LogP contribution in [0, 0.1) is 5.39 Å². The SMILES string of the molecule is N#[N+]c1ncc(CN)cc1Cl.[Cl-]. The second kappa shape index (κ2) is 4.88. The maximum absolute atomic E-state index is 8.33. The summed E-state index contributed by atoms with van der Waals surface area (Å²) in [4.78, 5) is 6.60. The van der Waals surface area contributed by atoms with Crippen LogP contribution in [0.3, 0.4) is 0 Å². The molecule has 0 spiro atoms. The fourth-order valence-corrected chi connectivity index (χ4v) is 0.882. The van der Waals surface area contributed by atoms with Crippen molar-refractivity contribution in [3.8, 4) is 0 Å². The smallest absolute Gasteiger partial charge is 0.483 e. The maximum atomic E-state index is 8.33. The van der Waals surface area contributed by atoms with E-state index in [1.807, 2.05) is 0 Å². The van der Waals surface area contributed by atoms with E-state index in [0.717, 1.165) is 5.56 Å². The van der Waals surface area contributed by atoms with Gasteiger partial charge in [0.05, 0.1) is 5.39 Å². The minimum Gasteiger partial charge on any atom is -1.00 e. The molecular formula is C6H6Cl2N4. The zero-order valence-corrected chi connectivity index (χ0v) is 7.55. The van der Waals surface area contributed by atoms with Gasteiger partial charge in [-0.15, -0.1) is 0 Å². The molecular weight excluding hydrogens is 199 g/mol. The highest BCUT2D eigenvalue weighted by molar-refractivity contribution is 6.33. The first-order valence-electron chi connectivity index (χ1n) is 2.97. The lowest BCUT2D eigenvalue weighted by Gasteiger charge is -1.89. The first-order valence-corrected chi connectivity index (χ1v) is 3.35. The first kappa shape index (κ1) is 11.1. The van der Waals surface area contributed by atoms with Gasteiger partial charge in [0.25, 0.3) is 0 Å². The van der Waals surface area contributed by atoms with Gasteiger partial charge in [-0.3, -0.25) is 0 Å². The molecule has 0 fully saturated rings. The molecule has 0 amide bonds. The molecule has 1 aromatic rings. The molecule has 1 heterocycles. The Morgan fingerprint density at radius 2 is 2.33 bits per heavy atom. The third-order valence-electron chi connectivity index (χ3n) is 1.21. The number of aromatic nitrogens is 1. The molecule has 0 aromatic carbocycles. The number of diazo groups is 1. The van der Waals surface area contributed by atoms with Crippen LogP contribution in [0.25, 0.3) is 4.98 Å². The van der Waals surface area contributed by atoms with Crippen LogP contribution in [0.15, 0.2) is 12.3 Å². The van der Waals surface area contributed by atoms with E-state index in [0.29, 0.717) is 11.6 Å². The normalized spacial score (nSPS) is 8.42. The molecule has 0 aliphatic rings. The summed E-state index contributed by atoms with van der Waals surface area (Å²) in [5.74, 6) is 0.115. The molecule has 64 valence electrons. The van der Waals surface area contributed by atoms with E-state index in [1.54, 1.807) is 6.07 Å². The van der Waals surface area contributed by atoms with Gasteiger partial charge in [0, 0.05) is 17.1 Å². The molecule has 1 aromatic heterocycles. The molecule has 12 heavy (non-hydrogen) atoms. The van der Waals surface area contributed by atoms with Gasteiger partial charge >= 0.3 is 5.82 Å². The lowest BCUT2D eigenvalue weighted by Crippen LogP contribution is -3.00. The van der Waals surface area contributed by atoms with Crippen LogP contribution in [0.1, 0.15) is 5.56 Å². The van der Waals surface area contributed by atoms with Gasteiger partial charge in [0.15, 0.2) is 5.02 Å². The van der Waals surface area contributed by atoms with E-state index in [-0.39, 0.29) is 18.2 Å². The van der Waals surface area contributed by atoms with Gasteiger partial charge in [-0.2, -0.15) is 0 Å². The largest absolute Gasteiger partial charge is 1.00 e. The van der Waals surface area contributed by atoms with Crippen LogP contribution in [0.4, 0.5) is 5.82 Å². The molecule has 0 aliphatic carbocycles. The van der Waals surface area contributed by atoms with Crippen molar-refractivity contribution in [3.05, 3.63) is 27.8 Å². The van der Waals surface area contributed by atoms with Crippen LogP contribution in [-0.4, -0.2) is 4.98 Å². The molecule has 6 heteroatoms. The third-order valence-corrected chi connectivity index (χ3v) is 1.49. The predicted molar refractivity (Wildman–Crippen MR) is 41.9 cm³/mol. The van der Waals surface area contributed by atoms with Crippen LogP contribution < -0.4 is 18.1 Å². The number of pyridine rings is 1. The molecule has 0 atom stereocenters. The van der Waals surface area contributed by atoms with Crippen molar-refractivity contribution in [3.63, 3.8) is 0 Å². The van der Waals surface area contributed by atoms with E-state index in [2.05, 4.69) is 9.96 Å². The van der Waals surface area contributed by atoms with Gasteiger partial charge in [-0.1, -0.05) is 11.6 Å². The zero-order valence-electron chi connectivity index (χ0n) is 6.04. The Kier molecular flexibility index (Phi) is 4.52. The number of halogens is 2. The van der Waals surface area contributed by atoms with E-state index in [1.165, 1.54) is 6.20 Å². The third kappa shape index (κ3) is 2.31. The van der Waals surface area contributed by atoms with E-state index in [4.69, 9.17) is 22.7 Å². The molecule has 0 aliphatic heterocycles. The van der Waals surface area contributed by atoms with Crippen LogP contribution in [0.2, 0.25) is 5.02 Å². The monoisotopic (exact) mass is 204 g/mol. The van der Waals surface area contributed by atoms with E-state index >= 15 is 0 Å².